The van der Waals surface area contributed by atoms with E-state index in [-0.39, 0.29) is 25.7 Å². The fourth-order valence-corrected chi connectivity index (χ4v) is 5.99. The largest absolute Gasteiger partial charge is 0.387 e. The van der Waals surface area contributed by atoms with Gasteiger partial charge in [0, 0.05) is 18.2 Å². The van der Waals surface area contributed by atoms with Crippen LogP contribution in [0.5, 0.6) is 0 Å². The van der Waals surface area contributed by atoms with Crippen molar-refractivity contribution in [3.8, 4) is 0 Å². The van der Waals surface area contributed by atoms with Gasteiger partial charge in [0.2, 0.25) is 12.2 Å². The van der Waals surface area contributed by atoms with Crippen molar-refractivity contribution in [2.45, 2.75) is 94.7 Å². The van der Waals surface area contributed by atoms with Gasteiger partial charge in [0.15, 0.2) is 18.9 Å². The van der Waals surface area contributed by atoms with Gasteiger partial charge in [0.25, 0.3) is 0 Å². The third-order valence-electron chi connectivity index (χ3n) is 8.56. The van der Waals surface area contributed by atoms with Crippen LogP contribution in [0.2, 0.25) is 0 Å². The Balaban J connectivity index is 1.17. The summed E-state index contributed by atoms with van der Waals surface area (Å²) in [5, 5.41) is 58.6. The highest BCUT2D eigenvalue weighted by Crippen LogP contribution is 2.36. The molecule has 5 N–H and O–H groups in total. The summed E-state index contributed by atoms with van der Waals surface area (Å²) >= 11 is 0. The molecule has 4 heterocycles. The highest BCUT2D eigenvalue weighted by atomic mass is 16.8. The van der Waals surface area contributed by atoms with Crippen LogP contribution in [-0.2, 0) is 46.4 Å². The number of anilines is 1. The quantitative estimate of drug-likeness (QED) is 0.146. The number of aromatic nitrogens is 2. The lowest BCUT2D eigenvalue weighted by molar-refractivity contribution is -0.389. The molecule has 3 aliphatic heterocycles. The molecule has 1 unspecified atom stereocenters. The Hall–Kier alpha value is -3.88. The minimum atomic E-state index is -1.68. The van der Waals surface area contributed by atoms with Crippen molar-refractivity contribution in [1.82, 2.24) is 9.55 Å². The molecule has 3 saturated heterocycles. The number of ether oxygens (including phenoxy) is 6. The molecule has 0 saturated carbocycles. The van der Waals surface area contributed by atoms with Crippen molar-refractivity contribution < 1.29 is 58.6 Å². The monoisotopic (exact) mass is 686 g/mol. The molecule has 2 aromatic carbocycles. The molecule has 0 radical (unpaired) electrons. The van der Waals surface area contributed by atoms with Gasteiger partial charge < -0.3 is 68.8 Å². The van der Waals surface area contributed by atoms with E-state index < -0.39 is 78.4 Å². The van der Waals surface area contributed by atoms with Crippen molar-refractivity contribution in [2.75, 3.05) is 11.9 Å². The lowest BCUT2D eigenvalue weighted by Crippen LogP contribution is -2.65. The van der Waals surface area contributed by atoms with E-state index in [1.165, 1.54) is 17.8 Å². The summed E-state index contributed by atoms with van der Waals surface area (Å²) in [6.45, 7) is 2.96. The van der Waals surface area contributed by atoms with Crippen LogP contribution < -0.4 is 5.32 Å². The number of imidazole rings is 1. The molecule has 0 spiro atoms. The van der Waals surface area contributed by atoms with Crippen molar-refractivity contribution >= 4 is 17.4 Å². The van der Waals surface area contributed by atoms with Gasteiger partial charge in [-0.15, -0.1) is 0 Å². The topological polar surface area (TPSA) is 226 Å². The van der Waals surface area contributed by atoms with Gasteiger partial charge in [-0.25, -0.2) is 0 Å². The zero-order valence-electron chi connectivity index (χ0n) is 26.6. The first-order valence-electron chi connectivity index (χ1n) is 15.6. The number of nitrogens with zero attached hydrogens (tertiary/aromatic N) is 3. The number of benzene rings is 2. The summed E-state index contributed by atoms with van der Waals surface area (Å²) in [7, 11) is 0. The Bertz CT molecular complexity index is 1610. The van der Waals surface area contributed by atoms with Gasteiger partial charge >= 0.3 is 5.82 Å². The maximum Gasteiger partial charge on any atom is 0.381 e. The number of nitrogens with one attached hydrogen (secondary N) is 1. The first kappa shape index (κ1) is 35.0. The number of amides is 1. The molecule has 0 bridgehead atoms. The number of carbonyl (C=O) groups excluding carboxylic acids is 1. The average molecular weight is 687 g/mol. The number of fused-ring (bicyclic) bond motifs is 1. The van der Waals surface area contributed by atoms with E-state index in [1.807, 2.05) is 25.1 Å². The maximum atomic E-state index is 11.6. The molecule has 6 rings (SSSR count). The van der Waals surface area contributed by atoms with Crippen LogP contribution in [0, 0.1) is 17.0 Å². The Morgan fingerprint density at radius 2 is 1.80 bits per heavy atom. The van der Waals surface area contributed by atoms with E-state index in [2.05, 4.69) is 10.3 Å². The lowest BCUT2D eigenvalue weighted by atomic mass is 9.96. The smallest absolute Gasteiger partial charge is 0.381 e. The number of nitro groups is 1. The number of aryl methyl sites for hydroxylation is 1. The number of rotatable bonds is 10. The summed E-state index contributed by atoms with van der Waals surface area (Å²) in [4.78, 5) is 25.9. The molecule has 3 fully saturated rings. The third-order valence-corrected chi connectivity index (χ3v) is 8.56. The molecule has 1 aromatic heterocycles. The average Bonchev–Trinajstić information content (AvgIpc) is 3.56. The summed E-state index contributed by atoms with van der Waals surface area (Å²) in [6.07, 6.45) is -12.2. The zero-order valence-corrected chi connectivity index (χ0v) is 26.6. The number of hydrogen-bond donors (Lipinski definition) is 5. The SMILES string of the molecule is CC(=O)Nc1cc(CO[C@@H]2O[C@H](Cn3cnc([N+](=O)[O-])c3)[C@@H](O[C@H]3O[C@@H]4COC(c5ccccc5)O[C@H]4[C@H](O)[C@H]3O)[C@H](O)[C@H]2O)ccc1C. The fraction of sp³-hybridized carbons (Fsp3) is 0.500. The predicted molar refractivity (Wildman–Crippen MR) is 165 cm³/mol. The van der Waals surface area contributed by atoms with Crippen LogP contribution in [0.1, 0.15) is 29.9 Å². The van der Waals surface area contributed by atoms with E-state index in [4.69, 9.17) is 28.4 Å². The molecule has 11 atom stereocenters. The van der Waals surface area contributed by atoms with Crippen molar-refractivity contribution in [1.29, 1.82) is 0 Å². The van der Waals surface area contributed by atoms with Gasteiger partial charge in [-0.3, -0.25) is 4.79 Å². The highest BCUT2D eigenvalue weighted by Gasteiger charge is 2.53. The molecule has 17 nitrogen and oxygen atoms in total. The number of carbonyl (C=O) groups is 1. The normalized spacial score (nSPS) is 33.1. The van der Waals surface area contributed by atoms with Gasteiger partial charge in [-0.1, -0.05) is 42.5 Å². The third kappa shape index (κ3) is 7.81. The van der Waals surface area contributed by atoms with Gasteiger partial charge in [0.05, 0.1) is 19.8 Å². The molecule has 0 aliphatic carbocycles. The van der Waals surface area contributed by atoms with Gasteiger partial charge in [-0.05, 0) is 34.0 Å². The first-order chi connectivity index (χ1) is 23.5. The van der Waals surface area contributed by atoms with Crippen LogP contribution in [0.25, 0.3) is 0 Å². The molecule has 49 heavy (non-hydrogen) atoms. The summed E-state index contributed by atoms with van der Waals surface area (Å²) in [6, 6.07) is 14.3. The first-order valence-corrected chi connectivity index (χ1v) is 15.6. The maximum absolute atomic E-state index is 11.6. The second-order valence-corrected chi connectivity index (χ2v) is 12.2. The van der Waals surface area contributed by atoms with E-state index in [1.54, 1.807) is 30.3 Å². The van der Waals surface area contributed by atoms with Crippen molar-refractivity contribution in [3.05, 3.63) is 87.9 Å². The number of aliphatic hydroxyl groups is 4. The Labute approximate surface area is 280 Å². The number of aliphatic hydroxyl groups excluding tert-OH is 4. The van der Waals surface area contributed by atoms with Crippen molar-refractivity contribution in [3.63, 3.8) is 0 Å². The standard InChI is InChI=1S/C32H38N4O13/c1-16-8-9-18(10-20(16)34-17(2)37)13-44-31-26(40)24(38)28(21(46-31)11-35-12-23(33-15-35)36(42)43)49-32-27(41)25(39)29-22(47-32)14-45-30(48-29)19-6-4-3-5-7-19/h3-10,12,15,21-22,24-32,38-41H,11,13-14H2,1-2H3,(H,34,37)/t21-,22-,24-,25-,26-,27-,28-,29-,30?,31-,32-/m1/s1. The molecule has 17 heteroatoms. The molecule has 3 aliphatic rings. The van der Waals surface area contributed by atoms with Crippen LogP contribution in [-0.4, -0.2) is 109 Å². The van der Waals surface area contributed by atoms with Gasteiger partial charge in [0.1, 0.15) is 55.0 Å². The van der Waals surface area contributed by atoms with Gasteiger partial charge in [-0.2, -0.15) is 0 Å². The van der Waals surface area contributed by atoms with E-state index >= 15 is 0 Å². The summed E-state index contributed by atoms with van der Waals surface area (Å²) in [5.74, 6) is -0.679. The summed E-state index contributed by atoms with van der Waals surface area (Å²) in [5.41, 5.74) is 2.75. The lowest BCUT2D eigenvalue weighted by Gasteiger charge is -2.48. The minimum absolute atomic E-state index is 0.0130. The van der Waals surface area contributed by atoms with Crippen LogP contribution >= 0.6 is 0 Å². The molecule has 3 aromatic rings. The molecular weight excluding hydrogens is 648 g/mol. The van der Waals surface area contributed by atoms with Crippen LogP contribution in [0.4, 0.5) is 11.5 Å². The molecular formula is C32H38N4O13. The number of hydrogen-bond acceptors (Lipinski definition) is 14. The predicted octanol–water partition coefficient (Wildman–Crippen LogP) is 0.668. The fourth-order valence-electron chi connectivity index (χ4n) is 5.99. The Morgan fingerprint density at radius 3 is 2.51 bits per heavy atom. The van der Waals surface area contributed by atoms with E-state index in [0.29, 0.717) is 16.8 Å². The second kappa shape index (κ2) is 14.9. The zero-order chi connectivity index (χ0) is 34.8. The van der Waals surface area contributed by atoms with E-state index in [9.17, 15) is 35.3 Å². The van der Waals surface area contributed by atoms with Crippen molar-refractivity contribution in [2.24, 2.45) is 0 Å². The van der Waals surface area contributed by atoms with E-state index in [0.717, 1.165) is 11.8 Å². The molecule has 1 amide bonds. The minimum Gasteiger partial charge on any atom is -0.387 e. The second-order valence-electron chi connectivity index (χ2n) is 12.2. The van der Waals surface area contributed by atoms with Crippen LogP contribution in [0.3, 0.4) is 0 Å². The van der Waals surface area contributed by atoms with Crippen LogP contribution in [0.15, 0.2) is 61.1 Å². The molecule has 264 valence electrons. The summed E-state index contributed by atoms with van der Waals surface area (Å²) < 4.78 is 37.0. The highest BCUT2D eigenvalue weighted by molar-refractivity contribution is 5.89. The Kier molecular flexibility index (Phi) is 10.7. The Morgan fingerprint density at radius 1 is 1.04 bits per heavy atom.